The minimum Gasteiger partial charge on any atom is -0.463 e. The Balaban J connectivity index is 1.93. The summed E-state index contributed by atoms with van der Waals surface area (Å²) >= 11 is 0. The molecule has 22 heavy (non-hydrogen) atoms. The highest BCUT2D eigenvalue weighted by Crippen LogP contribution is 2.12. The monoisotopic (exact) mass is 321 g/mol. The van der Waals surface area contributed by atoms with Gasteiger partial charge >= 0.3 is 0 Å². The van der Waals surface area contributed by atoms with E-state index in [4.69, 9.17) is 4.42 Å². The molecule has 0 unspecified atom stereocenters. The maximum absolute atomic E-state index is 12.2. The number of rotatable bonds is 6. The van der Waals surface area contributed by atoms with Gasteiger partial charge in [-0.05, 0) is 24.3 Å². The molecule has 2 rings (SSSR count). The van der Waals surface area contributed by atoms with Gasteiger partial charge < -0.3 is 4.42 Å². The topological polar surface area (TPSA) is 92.0 Å². The Bertz CT molecular complexity index is 740. The van der Waals surface area contributed by atoms with Crippen molar-refractivity contribution in [3.8, 4) is 0 Å². The first kappa shape index (κ1) is 15.9. The summed E-state index contributed by atoms with van der Waals surface area (Å²) in [5.41, 5.74) is 2.24. The molecule has 0 aliphatic carbocycles. The van der Waals surface area contributed by atoms with Crippen LogP contribution in [0.1, 0.15) is 5.76 Å². The van der Waals surface area contributed by atoms with Crippen LogP contribution in [0, 0.1) is 0 Å². The van der Waals surface area contributed by atoms with E-state index in [1.807, 2.05) is 0 Å². The van der Waals surface area contributed by atoms with Crippen LogP contribution in [0.2, 0.25) is 0 Å². The Morgan fingerprint density at radius 2 is 2.00 bits per heavy atom. The third-order valence-electron chi connectivity index (χ3n) is 2.74. The van der Waals surface area contributed by atoms with E-state index in [0.29, 0.717) is 5.76 Å². The normalized spacial score (nSPS) is 11.9. The zero-order valence-electron chi connectivity index (χ0n) is 11.8. The molecule has 0 aliphatic heterocycles. The predicted molar refractivity (Wildman–Crippen MR) is 80.7 cm³/mol. The smallest absolute Gasteiger partial charge is 0.255 e. The van der Waals surface area contributed by atoms with E-state index in [1.165, 1.54) is 31.7 Å². The number of nitrogens with zero attached hydrogens (tertiary/aromatic N) is 2. The number of furan rings is 1. The largest absolute Gasteiger partial charge is 0.463 e. The fourth-order valence-electron chi connectivity index (χ4n) is 1.63. The average Bonchev–Trinajstić information content (AvgIpc) is 3.01. The van der Waals surface area contributed by atoms with Gasteiger partial charge in [-0.25, -0.2) is 13.8 Å². The molecule has 2 aromatic rings. The van der Waals surface area contributed by atoms with Gasteiger partial charge in [0.1, 0.15) is 5.76 Å². The van der Waals surface area contributed by atoms with Crippen molar-refractivity contribution in [2.45, 2.75) is 4.90 Å². The molecule has 116 valence electrons. The molecule has 1 heterocycles. The van der Waals surface area contributed by atoms with Crippen LogP contribution in [0.4, 0.5) is 0 Å². The molecule has 1 aromatic heterocycles. The van der Waals surface area contributed by atoms with Crippen LogP contribution >= 0.6 is 0 Å². The molecule has 8 heteroatoms. The fourth-order valence-corrected chi connectivity index (χ4v) is 2.78. The number of benzene rings is 1. The SMILES string of the molecule is CN(CC(=O)N/N=C\c1ccco1)S(=O)(=O)c1ccccc1. The lowest BCUT2D eigenvalue weighted by Crippen LogP contribution is -2.36. The second-order valence-electron chi connectivity index (χ2n) is 4.38. The van der Waals surface area contributed by atoms with Crippen molar-refractivity contribution >= 4 is 22.1 Å². The number of hydrazone groups is 1. The molecule has 0 atom stereocenters. The van der Waals surface area contributed by atoms with Gasteiger partial charge in [0.25, 0.3) is 5.91 Å². The lowest BCUT2D eigenvalue weighted by Gasteiger charge is -2.15. The van der Waals surface area contributed by atoms with E-state index in [2.05, 4.69) is 10.5 Å². The maximum Gasteiger partial charge on any atom is 0.255 e. The zero-order valence-corrected chi connectivity index (χ0v) is 12.7. The van der Waals surface area contributed by atoms with Crippen molar-refractivity contribution in [1.29, 1.82) is 0 Å². The van der Waals surface area contributed by atoms with Gasteiger partial charge in [-0.2, -0.15) is 9.41 Å². The molecule has 0 aliphatic rings. The number of amides is 1. The summed E-state index contributed by atoms with van der Waals surface area (Å²) in [6, 6.07) is 11.3. The van der Waals surface area contributed by atoms with E-state index >= 15 is 0 Å². The van der Waals surface area contributed by atoms with Gasteiger partial charge in [0.05, 0.1) is 23.9 Å². The minimum absolute atomic E-state index is 0.129. The van der Waals surface area contributed by atoms with Gasteiger partial charge in [0.15, 0.2) is 0 Å². The van der Waals surface area contributed by atoms with Gasteiger partial charge in [0.2, 0.25) is 10.0 Å². The first-order valence-electron chi connectivity index (χ1n) is 6.37. The number of carbonyl (C=O) groups excluding carboxylic acids is 1. The molecular formula is C14H15N3O4S. The standard InChI is InChI=1S/C14H15N3O4S/c1-17(22(19,20)13-7-3-2-4-8-13)11-14(18)16-15-10-12-6-5-9-21-12/h2-10H,11H2,1H3,(H,16,18)/b15-10-. The summed E-state index contributed by atoms with van der Waals surface area (Å²) in [5.74, 6) is -0.0737. The Morgan fingerprint density at radius 3 is 2.64 bits per heavy atom. The van der Waals surface area contributed by atoms with Crippen LogP contribution in [0.25, 0.3) is 0 Å². The van der Waals surface area contributed by atoms with Crippen molar-refractivity contribution < 1.29 is 17.6 Å². The molecule has 1 amide bonds. The predicted octanol–water partition coefficient (Wildman–Crippen LogP) is 1.05. The average molecular weight is 321 g/mol. The number of sulfonamides is 1. The molecule has 0 spiro atoms. The quantitative estimate of drug-likeness (QED) is 0.636. The van der Waals surface area contributed by atoms with E-state index < -0.39 is 15.9 Å². The molecule has 0 saturated carbocycles. The number of nitrogens with one attached hydrogen (secondary N) is 1. The van der Waals surface area contributed by atoms with Crippen molar-refractivity contribution in [2.75, 3.05) is 13.6 Å². The number of carbonyl (C=O) groups is 1. The first-order chi connectivity index (χ1) is 10.5. The summed E-state index contributed by atoms with van der Waals surface area (Å²) in [4.78, 5) is 11.8. The summed E-state index contributed by atoms with van der Waals surface area (Å²) in [7, 11) is -2.37. The van der Waals surface area contributed by atoms with Gasteiger partial charge in [-0.3, -0.25) is 4.79 Å². The van der Waals surface area contributed by atoms with Gasteiger partial charge in [0, 0.05) is 7.05 Å². The van der Waals surface area contributed by atoms with Crippen molar-refractivity contribution in [1.82, 2.24) is 9.73 Å². The molecule has 0 fully saturated rings. The van der Waals surface area contributed by atoms with E-state index in [9.17, 15) is 13.2 Å². The van der Waals surface area contributed by atoms with E-state index in [0.717, 1.165) is 4.31 Å². The second-order valence-corrected chi connectivity index (χ2v) is 6.43. The third-order valence-corrected chi connectivity index (χ3v) is 4.56. The molecule has 0 saturated heterocycles. The van der Waals surface area contributed by atoms with Crippen molar-refractivity contribution in [3.63, 3.8) is 0 Å². The summed E-state index contributed by atoms with van der Waals surface area (Å²) < 4.78 is 30.4. The van der Waals surface area contributed by atoms with Crippen LogP contribution in [0.3, 0.4) is 0 Å². The molecule has 1 N–H and O–H groups in total. The number of hydrogen-bond acceptors (Lipinski definition) is 5. The highest BCUT2D eigenvalue weighted by atomic mass is 32.2. The van der Waals surface area contributed by atoms with Crippen LogP contribution in [0.5, 0.6) is 0 Å². The van der Waals surface area contributed by atoms with Crippen molar-refractivity contribution in [3.05, 3.63) is 54.5 Å². The van der Waals surface area contributed by atoms with Crippen LogP contribution in [0.15, 0.2) is 63.1 Å². The Morgan fingerprint density at radius 1 is 1.27 bits per heavy atom. The zero-order chi connectivity index (χ0) is 16.0. The molecule has 1 aromatic carbocycles. The minimum atomic E-state index is -3.70. The molecule has 0 bridgehead atoms. The highest BCUT2D eigenvalue weighted by Gasteiger charge is 2.22. The van der Waals surface area contributed by atoms with Gasteiger partial charge in [-0.1, -0.05) is 18.2 Å². The lowest BCUT2D eigenvalue weighted by atomic mass is 10.4. The summed E-state index contributed by atoms with van der Waals surface area (Å²) in [6.45, 7) is -0.341. The van der Waals surface area contributed by atoms with E-state index in [-0.39, 0.29) is 11.4 Å². The van der Waals surface area contributed by atoms with Gasteiger partial charge in [-0.15, -0.1) is 0 Å². The molecule has 7 nitrogen and oxygen atoms in total. The lowest BCUT2D eigenvalue weighted by molar-refractivity contribution is -0.121. The first-order valence-corrected chi connectivity index (χ1v) is 7.81. The Hall–Kier alpha value is -2.45. The second kappa shape index (κ2) is 7.01. The highest BCUT2D eigenvalue weighted by molar-refractivity contribution is 7.89. The van der Waals surface area contributed by atoms with E-state index in [1.54, 1.807) is 30.3 Å². The van der Waals surface area contributed by atoms with Crippen LogP contribution in [-0.2, 0) is 14.8 Å². The number of hydrogen-bond donors (Lipinski definition) is 1. The van der Waals surface area contributed by atoms with Crippen molar-refractivity contribution in [2.24, 2.45) is 5.10 Å². The third kappa shape index (κ3) is 4.03. The molecule has 0 radical (unpaired) electrons. The summed E-state index contributed by atoms with van der Waals surface area (Å²) in [6.07, 6.45) is 2.80. The number of likely N-dealkylation sites (N-methyl/N-ethyl adjacent to an activating group) is 1. The summed E-state index contributed by atoms with van der Waals surface area (Å²) in [5, 5.41) is 3.68. The molecular weight excluding hydrogens is 306 g/mol. The van der Waals surface area contributed by atoms with Crippen LogP contribution < -0.4 is 5.43 Å². The van der Waals surface area contributed by atoms with Crippen LogP contribution in [-0.4, -0.2) is 38.4 Å². The fraction of sp³-hybridized carbons (Fsp3) is 0.143. The Labute approximate surface area is 128 Å². The Kier molecular flexibility index (Phi) is 5.08. The maximum atomic E-state index is 12.2.